The standard InChI is InChI=1S/C23H15Cl2N3O3S/c24-15-11-16(25)13-17(12-15)32-27(28(29)30)22-18-6-2-1-5-14(18)9-10-19(22)23-26-20-7-3-4-8-21(20)31-23/h1-13,29-30H. The third-order valence-electron chi connectivity index (χ3n) is 4.81. The van der Waals surface area contributed by atoms with Crippen molar-refractivity contribution in [3.63, 3.8) is 0 Å². The molecule has 160 valence electrons. The number of fused-ring (bicyclic) bond motifs is 2. The Bertz CT molecular complexity index is 1390. The van der Waals surface area contributed by atoms with Gasteiger partial charge in [-0.1, -0.05) is 65.7 Å². The van der Waals surface area contributed by atoms with Gasteiger partial charge in [-0.2, -0.15) is 4.41 Å². The maximum Gasteiger partial charge on any atom is 0.229 e. The van der Waals surface area contributed by atoms with E-state index in [-0.39, 0.29) is 5.34 Å². The number of hydrazine groups is 1. The predicted molar refractivity (Wildman–Crippen MR) is 127 cm³/mol. The first-order valence-corrected chi connectivity index (χ1v) is 11.0. The molecule has 0 aliphatic rings. The van der Waals surface area contributed by atoms with Gasteiger partial charge in [0.1, 0.15) is 5.52 Å². The second-order valence-corrected chi connectivity index (χ2v) is 8.78. The van der Waals surface area contributed by atoms with E-state index in [4.69, 9.17) is 27.6 Å². The van der Waals surface area contributed by atoms with Gasteiger partial charge in [0, 0.05) is 37.6 Å². The molecule has 6 nitrogen and oxygen atoms in total. The smallest absolute Gasteiger partial charge is 0.229 e. The second kappa shape index (κ2) is 8.63. The highest BCUT2D eigenvalue weighted by Gasteiger charge is 2.25. The highest BCUT2D eigenvalue weighted by Crippen LogP contribution is 2.43. The number of nitrogens with zero attached hydrogens (tertiary/aromatic N) is 3. The van der Waals surface area contributed by atoms with E-state index in [1.54, 1.807) is 18.2 Å². The van der Waals surface area contributed by atoms with Gasteiger partial charge in [-0.25, -0.2) is 4.98 Å². The monoisotopic (exact) mass is 483 g/mol. The Balaban J connectivity index is 1.73. The number of para-hydroxylation sites is 2. The van der Waals surface area contributed by atoms with Gasteiger partial charge in [-0.3, -0.25) is 10.4 Å². The summed E-state index contributed by atoms with van der Waals surface area (Å²) in [4.78, 5) is 5.20. The molecule has 32 heavy (non-hydrogen) atoms. The SMILES string of the molecule is ON(O)N(Sc1cc(Cl)cc(Cl)c1)c1c(-c2nc3ccccc3o2)ccc2ccccc12. The minimum Gasteiger partial charge on any atom is -0.436 e. The van der Waals surface area contributed by atoms with Crippen LogP contribution in [0, 0.1) is 0 Å². The highest BCUT2D eigenvalue weighted by atomic mass is 35.5. The van der Waals surface area contributed by atoms with Crippen LogP contribution in [0.2, 0.25) is 10.0 Å². The Morgan fingerprint density at radius 1 is 0.844 bits per heavy atom. The van der Waals surface area contributed by atoms with Crippen LogP contribution in [-0.4, -0.2) is 20.7 Å². The number of halogens is 2. The first-order chi connectivity index (χ1) is 15.5. The zero-order valence-electron chi connectivity index (χ0n) is 16.3. The average molecular weight is 484 g/mol. The van der Waals surface area contributed by atoms with E-state index in [2.05, 4.69) is 4.98 Å². The molecule has 4 aromatic carbocycles. The van der Waals surface area contributed by atoms with E-state index in [9.17, 15) is 10.4 Å². The van der Waals surface area contributed by atoms with E-state index in [1.807, 2.05) is 60.7 Å². The quantitative estimate of drug-likeness (QED) is 0.198. The van der Waals surface area contributed by atoms with E-state index >= 15 is 0 Å². The molecule has 5 rings (SSSR count). The summed E-state index contributed by atoms with van der Waals surface area (Å²) in [5, 5.41) is 23.0. The predicted octanol–water partition coefficient (Wildman–Crippen LogP) is 7.46. The molecule has 0 fully saturated rings. The average Bonchev–Trinajstić information content (AvgIpc) is 3.20. The van der Waals surface area contributed by atoms with Gasteiger partial charge in [0.15, 0.2) is 5.58 Å². The van der Waals surface area contributed by atoms with Crippen LogP contribution in [-0.2, 0) is 0 Å². The van der Waals surface area contributed by atoms with Crippen LogP contribution in [0.4, 0.5) is 5.69 Å². The first kappa shape index (κ1) is 21.1. The number of rotatable bonds is 5. The van der Waals surface area contributed by atoms with Gasteiger partial charge in [0.25, 0.3) is 0 Å². The summed E-state index contributed by atoms with van der Waals surface area (Å²) >= 11 is 13.3. The molecule has 5 aromatic rings. The summed E-state index contributed by atoms with van der Waals surface area (Å²) in [5.41, 5.74) is 2.38. The molecule has 0 amide bonds. The van der Waals surface area contributed by atoms with E-state index in [1.165, 1.54) is 4.41 Å². The number of oxazole rings is 1. The summed E-state index contributed by atoms with van der Waals surface area (Å²) < 4.78 is 7.21. The number of aromatic nitrogens is 1. The second-order valence-electron chi connectivity index (χ2n) is 6.91. The molecule has 0 atom stereocenters. The van der Waals surface area contributed by atoms with Crippen LogP contribution in [0.25, 0.3) is 33.3 Å². The lowest BCUT2D eigenvalue weighted by Gasteiger charge is -2.28. The fraction of sp³-hybridized carbons (Fsp3) is 0. The topological polar surface area (TPSA) is 73.0 Å². The van der Waals surface area contributed by atoms with Gasteiger partial charge in [0.2, 0.25) is 5.89 Å². The lowest BCUT2D eigenvalue weighted by Crippen LogP contribution is -2.32. The Morgan fingerprint density at radius 3 is 2.31 bits per heavy atom. The van der Waals surface area contributed by atoms with Crippen molar-refractivity contribution in [2.75, 3.05) is 4.41 Å². The fourth-order valence-electron chi connectivity index (χ4n) is 3.47. The summed E-state index contributed by atoms with van der Waals surface area (Å²) in [6.07, 6.45) is 0. The van der Waals surface area contributed by atoms with Crippen LogP contribution in [0.15, 0.2) is 88.2 Å². The van der Waals surface area contributed by atoms with Gasteiger partial charge in [0.05, 0.1) is 11.3 Å². The maximum atomic E-state index is 10.2. The van der Waals surface area contributed by atoms with E-state index < -0.39 is 0 Å². The lowest BCUT2D eigenvalue weighted by molar-refractivity contribution is -0.301. The molecule has 0 aliphatic heterocycles. The normalized spacial score (nSPS) is 11.5. The van der Waals surface area contributed by atoms with Crippen molar-refractivity contribution in [1.29, 1.82) is 0 Å². The minimum atomic E-state index is 0.0212. The van der Waals surface area contributed by atoms with Crippen molar-refractivity contribution in [3.8, 4) is 11.5 Å². The van der Waals surface area contributed by atoms with Crippen molar-refractivity contribution < 1.29 is 14.8 Å². The molecule has 0 radical (unpaired) electrons. The molecule has 0 bridgehead atoms. The van der Waals surface area contributed by atoms with E-state index in [0.29, 0.717) is 43.2 Å². The molecule has 1 heterocycles. The number of hydrogen-bond donors (Lipinski definition) is 2. The van der Waals surface area contributed by atoms with Gasteiger partial charge < -0.3 is 4.42 Å². The van der Waals surface area contributed by atoms with Crippen molar-refractivity contribution >= 4 is 62.7 Å². The number of anilines is 1. The van der Waals surface area contributed by atoms with Gasteiger partial charge >= 0.3 is 0 Å². The van der Waals surface area contributed by atoms with Crippen LogP contribution < -0.4 is 4.41 Å². The molecule has 2 N–H and O–H groups in total. The fourth-order valence-corrected chi connectivity index (χ4v) is 5.05. The molecule has 9 heteroatoms. The molecular weight excluding hydrogens is 469 g/mol. The summed E-state index contributed by atoms with van der Waals surface area (Å²) in [7, 11) is 0. The zero-order chi connectivity index (χ0) is 22.2. The summed E-state index contributed by atoms with van der Waals surface area (Å²) in [6.45, 7) is 0. The molecule has 0 saturated heterocycles. The maximum absolute atomic E-state index is 10.2. The summed E-state index contributed by atoms with van der Waals surface area (Å²) in [5.74, 6) is 0.350. The third kappa shape index (κ3) is 4.02. The first-order valence-electron chi connectivity index (χ1n) is 9.49. The van der Waals surface area contributed by atoms with Crippen LogP contribution in [0.1, 0.15) is 0 Å². The Kier molecular flexibility index (Phi) is 5.69. The largest absolute Gasteiger partial charge is 0.436 e. The molecule has 0 aliphatic carbocycles. The van der Waals surface area contributed by atoms with Crippen LogP contribution in [0.5, 0.6) is 0 Å². The Hall–Kier alpha value is -2.78. The lowest BCUT2D eigenvalue weighted by atomic mass is 10.0. The van der Waals surface area contributed by atoms with Crippen LogP contribution >= 0.6 is 35.1 Å². The van der Waals surface area contributed by atoms with E-state index in [0.717, 1.165) is 22.7 Å². The van der Waals surface area contributed by atoms with Gasteiger partial charge in [-0.05, 0) is 41.8 Å². The Labute approximate surface area is 197 Å². The third-order valence-corrected chi connectivity index (χ3v) is 6.19. The van der Waals surface area contributed by atoms with Gasteiger partial charge in [-0.15, -0.1) is 0 Å². The Morgan fingerprint density at radius 2 is 1.56 bits per heavy atom. The van der Waals surface area contributed by atoms with Crippen molar-refractivity contribution in [2.24, 2.45) is 0 Å². The molecule has 0 spiro atoms. The van der Waals surface area contributed by atoms with Crippen molar-refractivity contribution in [1.82, 2.24) is 10.3 Å². The van der Waals surface area contributed by atoms with Crippen molar-refractivity contribution in [2.45, 2.75) is 4.90 Å². The number of hydrogen-bond acceptors (Lipinski definition) is 7. The molecular formula is C23H15Cl2N3O3S. The van der Waals surface area contributed by atoms with Crippen molar-refractivity contribution in [3.05, 3.63) is 88.9 Å². The van der Waals surface area contributed by atoms with Crippen LogP contribution in [0.3, 0.4) is 0 Å². The highest BCUT2D eigenvalue weighted by molar-refractivity contribution is 8.00. The molecule has 0 saturated carbocycles. The molecule has 1 aromatic heterocycles. The zero-order valence-corrected chi connectivity index (χ0v) is 18.6. The minimum absolute atomic E-state index is 0.0212. The summed E-state index contributed by atoms with van der Waals surface area (Å²) in [6, 6.07) is 23.8. The molecule has 0 unspecified atom stereocenters. The number of benzene rings is 4.